The Hall–Kier alpha value is -2.81. The largest absolute Gasteiger partial charge is 0.454 e. The molecular weight excluding hydrogens is 469 g/mol. The highest BCUT2D eigenvalue weighted by molar-refractivity contribution is 14.1. The maximum atomic E-state index is 12.3. The number of halogens is 1. The summed E-state index contributed by atoms with van der Waals surface area (Å²) in [5, 5.41) is 4.12. The predicted molar refractivity (Wildman–Crippen MR) is 116 cm³/mol. The van der Waals surface area contributed by atoms with Crippen LogP contribution in [0.4, 0.5) is 0 Å². The van der Waals surface area contributed by atoms with Gasteiger partial charge in [0.05, 0.1) is 6.21 Å². The summed E-state index contributed by atoms with van der Waals surface area (Å²) in [7, 11) is 0. The molecule has 0 aliphatic carbocycles. The maximum absolute atomic E-state index is 12.3. The van der Waals surface area contributed by atoms with Gasteiger partial charge in [0.25, 0.3) is 5.91 Å². The molecular formula is C21H18IN3O3. The van der Waals surface area contributed by atoms with E-state index in [0.717, 1.165) is 22.6 Å². The van der Waals surface area contributed by atoms with Crippen LogP contribution in [0.25, 0.3) is 5.69 Å². The van der Waals surface area contributed by atoms with Crippen LogP contribution in [0, 0.1) is 17.4 Å². The molecule has 2 heterocycles. The third-order valence-corrected chi connectivity index (χ3v) is 5.28. The average molecular weight is 487 g/mol. The number of fused-ring (bicyclic) bond motifs is 1. The molecule has 4 rings (SSSR count). The molecule has 0 bridgehead atoms. The molecule has 0 unspecified atom stereocenters. The minimum absolute atomic E-state index is 0.175. The Balaban J connectivity index is 1.50. The third kappa shape index (κ3) is 3.62. The second-order valence-electron chi connectivity index (χ2n) is 6.41. The number of hydrogen-bond donors (Lipinski definition) is 1. The Bertz CT molecular complexity index is 1070. The van der Waals surface area contributed by atoms with E-state index in [1.165, 1.54) is 3.57 Å². The fraction of sp³-hybridized carbons (Fsp3) is 0.143. The van der Waals surface area contributed by atoms with Gasteiger partial charge in [-0.25, -0.2) is 5.43 Å². The molecule has 7 heteroatoms. The zero-order valence-electron chi connectivity index (χ0n) is 15.4. The van der Waals surface area contributed by atoms with Crippen molar-refractivity contribution in [3.05, 3.63) is 74.6 Å². The molecule has 1 N–H and O–H groups in total. The summed E-state index contributed by atoms with van der Waals surface area (Å²) in [4.78, 5) is 12.3. The number of nitrogens with one attached hydrogen (secondary N) is 1. The smallest absolute Gasteiger partial charge is 0.271 e. The molecule has 0 saturated carbocycles. The van der Waals surface area contributed by atoms with Crippen molar-refractivity contribution in [2.24, 2.45) is 5.10 Å². The standard InChI is InChI=1S/C21H18IN3O3/c1-13-9-16(14(2)25(13)18-6-4-17(22)5-7-18)11-23-24-21(26)15-3-8-19-20(10-15)28-12-27-19/h3-11H,12H2,1-2H3,(H,24,26)/b23-11-. The molecule has 6 nitrogen and oxygen atoms in total. The number of nitrogens with zero attached hydrogens (tertiary/aromatic N) is 2. The van der Waals surface area contributed by atoms with Crippen molar-refractivity contribution in [1.29, 1.82) is 0 Å². The number of aromatic nitrogens is 1. The first-order chi connectivity index (χ1) is 13.5. The van der Waals surface area contributed by atoms with E-state index in [2.05, 4.69) is 62.0 Å². The van der Waals surface area contributed by atoms with Gasteiger partial charge in [-0.05, 0) is 85.0 Å². The first-order valence-electron chi connectivity index (χ1n) is 8.71. The lowest BCUT2D eigenvalue weighted by atomic mass is 10.2. The lowest BCUT2D eigenvalue weighted by molar-refractivity contribution is 0.0954. The van der Waals surface area contributed by atoms with Crippen molar-refractivity contribution in [3.8, 4) is 17.2 Å². The number of hydrazone groups is 1. The van der Waals surface area contributed by atoms with Gasteiger partial charge in [-0.3, -0.25) is 4.79 Å². The van der Waals surface area contributed by atoms with Crippen LogP contribution in [0.15, 0.2) is 53.6 Å². The summed E-state index contributed by atoms with van der Waals surface area (Å²) in [5.74, 6) is 0.904. The number of carbonyl (C=O) groups excluding carboxylic acids is 1. The molecule has 0 radical (unpaired) electrons. The topological polar surface area (TPSA) is 64.8 Å². The molecule has 2 aromatic carbocycles. The Kier molecular flexibility index (Phi) is 5.08. The van der Waals surface area contributed by atoms with Gasteiger partial charge in [-0.1, -0.05) is 0 Å². The third-order valence-electron chi connectivity index (χ3n) is 4.56. The van der Waals surface area contributed by atoms with E-state index in [1.807, 2.05) is 19.9 Å². The number of rotatable bonds is 4. The van der Waals surface area contributed by atoms with Crippen molar-refractivity contribution >= 4 is 34.7 Å². The first-order valence-corrected chi connectivity index (χ1v) is 9.79. The predicted octanol–water partition coefficient (Wildman–Crippen LogP) is 4.19. The summed E-state index contributed by atoms with van der Waals surface area (Å²) in [6, 6.07) is 15.4. The summed E-state index contributed by atoms with van der Waals surface area (Å²) in [6.07, 6.45) is 1.66. The summed E-state index contributed by atoms with van der Waals surface area (Å²) in [5.41, 5.74) is 7.23. The van der Waals surface area contributed by atoms with Crippen LogP contribution in [-0.4, -0.2) is 23.5 Å². The van der Waals surface area contributed by atoms with Gasteiger partial charge in [0.2, 0.25) is 6.79 Å². The summed E-state index contributed by atoms with van der Waals surface area (Å²) < 4.78 is 13.9. The van der Waals surface area contributed by atoms with Gasteiger partial charge in [-0.15, -0.1) is 0 Å². The van der Waals surface area contributed by atoms with Gasteiger partial charge in [0.1, 0.15) is 0 Å². The van der Waals surface area contributed by atoms with Crippen molar-refractivity contribution < 1.29 is 14.3 Å². The van der Waals surface area contributed by atoms with Crippen LogP contribution in [-0.2, 0) is 0 Å². The molecule has 0 atom stereocenters. The zero-order valence-corrected chi connectivity index (χ0v) is 17.6. The van der Waals surface area contributed by atoms with E-state index in [9.17, 15) is 4.79 Å². The quantitative estimate of drug-likeness (QED) is 0.341. The molecule has 0 saturated heterocycles. The molecule has 1 aliphatic heterocycles. The van der Waals surface area contributed by atoms with Gasteiger partial charge in [0.15, 0.2) is 11.5 Å². The van der Waals surface area contributed by atoms with Gasteiger partial charge in [0, 0.05) is 31.8 Å². The molecule has 0 spiro atoms. The highest BCUT2D eigenvalue weighted by atomic mass is 127. The highest BCUT2D eigenvalue weighted by Crippen LogP contribution is 2.32. The van der Waals surface area contributed by atoms with Gasteiger partial charge >= 0.3 is 0 Å². The maximum Gasteiger partial charge on any atom is 0.271 e. The first kappa shape index (κ1) is 18.5. The number of aryl methyl sites for hydroxylation is 1. The molecule has 1 aromatic heterocycles. The fourth-order valence-electron chi connectivity index (χ4n) is 3.17. The van der Waals surface area contributed by atoms with E-state index < -0.39 is 0 Å². The molecule has 28 heavy (non-hydrogen) atoms. The van der Waals surface area contributed by atoms with Crippen LogP contribution in [0.2, 0.25) is 0 Å². The minimum Gasteiger partial charge on any atom is -0.454 e. The highest BCUT2D eigenvalue weighted by Gasteiger charge is 2.16. The Labute approximate surface area is 176 Å². The zero-order chi connectivity index (χ0) is 19.7. The van der Waals surface area contributed by atoms with Crippen LogP contribution < -0.4 is 14.9 Å². The monoisotopic (exact) mass is 487 g/mol. The lowest BCUT2D eigenvalue weighted by Crippen LogP contribution is -2.17. The number of benzene rings is 2. The van der Waals surface area contributed by atoms with Crippen LogP contribution in [0.1, 0.15) is 27.3 Å². The number of carbonyl (C=O) groups is 1. The Morgan fingerprint density at radius 2 is 1.86 bits per heavy atom. The van der Waals surface area contributed by atoms with Gasteiger partial charge < -0.3 is 14.0 Å². The second kappa shape index (κ2) is 7.67. The number of hydrogen-bond acceptors (Lipinski definition) is 4. The van der Waals surface area contributed by atoms with Crippen LogP contribution >= 0.6 is 22.6 Å². The van der Waals surface area contributed by atoms with Crippen molar-refractivity contribution in [1.82, 2.24) is 9.99 Å². The average Bonchev–Trinajstić information content (AvgIpc) is 3.26. The molecule has 1 aliphatic rings. The number of ether oxygens (including phenoxy) is 2. The Morgan fingerprint density at radius 3 is 2.64 bits per heavy atom. The molecule has 3 aromatic rings. The van der Waals surface area contributed by atoms with Gasteiger partial charge in [-0.2, -0.15) is 5.10 Å². The van der Waals surface area contributed by atoms with Crippen molar-refractivity contribution in [2.45, 2.75) is 13.8 Å². The van der Waals surface area contributed by atoms with Crippen molar-refractivity contribution in [2.75, 3.05) is 6.79 Å². The Morgan fingerprint density at radius 1 is 1.11 bits per heavy atom. The van der Waals surface area contributed by atoms with Crippen LogP contribution in [0.5, 0.6) is 11.5 Å². The van der Waals surface area contributed by atoms with E-state index in [1.54, 1.807) is 24.4 Å². The molecule has 142 valence electrons. The lowest BCUT2D eigenvalue weighted by Gasteiger charge is -2.09. The minimum atomic E-state index is -0.305. The number of amides is 1. The van der Waals surface area contributed by atoms with E-state index in [0.29, 0.717) is 17.1 Å². The normalized spacial score (nSPS) is 12.5. The second-order valence-corrected chi connectivity index (χ2v) is 7.65. The SMILES string of the molecule is Cc1cc(/C=N\NC(=O)c2ccc3c(c2)OCO3)c(C)n1-c1ccc(I)cc1. The molecule has 1 amide bonds. The van der Waals surface area contributed by atoms with E-state index >= 15 is 0 Å². The summed E-state index contributed by atoms with van der Waals surface area (Å²) >= 11 is 2.29. The van der Waals surface area contributed by atoms with E-state index in [-0.39, 0.29) is 12.7 Å². The van der Waals surface area contributed by atoms with Crippen LogP contribution in [0.3, 0.4) is 0 Å². The molecule has 0 fully saturated rings. The summed E-state index contributed by atoms with van der Waals surface area (Å²) in [6.45, 7) is 4.26. The van der Waals surface area contributed by atoms with Crippen molar-refractivity contribution in [3.63, 3.8) is 0 Å². The fourth-order valence-corrected chi connectivity index (χ4v) is 3.53. The van der Waals surface area contributed by atoms with E-state index in [4.69, 9.17) is 9.47 Å².